The van der Waals surface area contributed by atoms with Crippen molar-refractivity contribution in [3.8, 4) is 5.75 Å². The molecule has 3 aliphatic rings. The van der Waals surface area contributed by atoms with Crippen LogP contribution in [0.15, 0.2) is 24.3 Å². The van der Waals surface area contributed by atoms with E-state index >= 15 is 0 Å². The molecule has 0 spiro atoms. The molecule has 0 unspecified atom stereocenters. The first-order chi connectivity index (χ1) is 11.6. The molecule has 1 aromatic carbocycles. The van der Waals surface area contributed by atoms with E-state index in [9.17, 15) is 4.79 Å². The molecule has 3 atom stereocenters. The van der Waals surface area contributed by atoms with Crippen LogP contribution in [0.3, 0.4) is 0 Å². The highest BCUT2D eigenvalue weighted by Gasteiger charge is 2.47. The Labute approximate surface area is 144 Å². The van der Waals surface area contributed by atoms with E-state index in [1.807, 2.05) is 12.1 Å². The quantitative estimate of drug-likeness (QED) is 0.893. The van der Waals surface area contributed by atoms with Crippen molar-refractivity contribution in [1.82, 2.24) is 15.1 Å². The molecule has 5 nitrogen and oxygen atoms in total. The van der Waals surface area contributed by atoms with E-state index in [-0.39, 0.29) is 17.7 Å². The lowest BCUT2D eigenvalue weighted by Crippen LogP contribution is -2.47. The maximum Gasteiger partial charge on any atom is 0.225 e. The average molecular weight is 329 g/mol. The van der Waals surface area contributed by atoms with Crippen molar-refractivity contribution in [2.75, 3.05) is 40.3 Å². The van der Waals surface area contributed by atoms with Gasteiger partial charge in [0.2, 0.25) is 5.91 Å². The first kappa shape index (κ1) is 15.9. The molecule has 5 heteroatoms. The summed E-state index contributed by atoms with van der Waals surface area (Å²) in [5, 5.41) is 3.31. The van der Waals surface area contributed by atoms with Crippen LogP contribution in [-0.4, -0.2) is 62.1 Å². The third-order valence-corrected chi connectivity index (χ3v) is 5.95. The van der Waals surface area contributed by atoms with Gasteiger partial charge in [-0.25, -0.2) is 0 Å². The van der Waals surface area contributed by atoms with Gasteiger partial charge in [-0.2, -0.15) is 0 Å². The van der Waals surface area contributed by atoms with Gasteiger partial charge >= 0.3 is 0 Å². The summed E-state index contributed by atoms with van der Waals surface area (Å²) in [7, 11) is 4.27. The molecule has 0 radical (unpaired) electrons. The Hall–Kier alpha value is -1.59. The summed E-state index contributed by atoms with van der Waals surface area (Å²) in [5.41, 5.74) is 1.23. The van der Waals surface area contributed by atoms with E-state index in [1.54, 1.807) is 0 Å². The summed E-state index contributed by atoms with van der Waals surface area (Å²) in [6.45, 7) is 3.58. The number of hydrogen-bond acceptors (Lipinski definition) is 4. The van der Waals surface area contributed by atoms with Gasteiger partial charge in [-0.3, -0.25) is 9.69 Å². The van der Waals surface area contributed by atoms with Gasteiger partial charge in [0.1, 0.15) is 5.75 Å². The van der Waals surface area contributed by atoms with Crippen molar-refractivity contribution in [2.24, 2.45) is 11.8 Å². The topological polar surface area (TPSA) is 44.8 Å². The third kappa shape index (κ3) is 2.80. The van der Waals surface area contributed by atoms with E-state index in [0.29, 0.717) is 18.7 Å². The minimum absolute atomic E-state index is 0.0213. The number of rotatable bonds is 2. The van der Waals surface area contributed by atoms with Crippen LogP contribution in [0, 0.1) is 11.8 Å². The molecule has 1 aromatic rings. The van der Waals surface area contributed by atoms with Crippen LogP contribution in [0.25, 0.3) is 0 Å². The van der Waals surface area contributed by atoms with Crippen LogP contribution >= 0.6 is 0 Å². The molecule has 2 fully saturated rings. The monoisotopic (exact) mass is 329 g/mol. The van der Waals surface area contributed by atoms with Crippen molar-refractivity contribution in [3.05, 3.63) is 29.8 Å². The molecular formula is C19H27N3O2. The van der Waals surface area contributed by atoms with Crippen LogP contribution in [0.2, 0.25) is 0 Å². The zero-order valence-electron chi connectivity index (χ0n) is 14.6. The Morgan fingerprint density at radius 3 is 2.75 bits per heavy atom. The van der Waals surface area contributed by atoms with Gasteiger partial charge in [0.05, 0.1) is 12.5 Å². The first-order valence-electron chi connectivity index (χ1n) is 9.04. The minimum Gasteiger partial charge on any atom is -0.493 e. The maximum atomic E-state index is 12.9. The zero-order chi connectivity index (χ0) is 16.7. The second kappa shape index (κ2) is 6.37. The van der Waals surface area contributed by atoms with Crippen molar-refractivity contribution in [3.63, 3.8) is 0 Å². The van der Waals surface area contributed by atoms with Crippen LogP contribution in [0.4, 0.5) is 0 Å². The molecule has 24 heavy (non-hydrogen) atoms. The Kier molecular flexibility index (Phi) is 4.22. The van der Waals surface area contributed by atoms with Crippen LogP contribution in [0.5, 0.6) is 5.75 Å². The van der Waals surface area contributed by atoms with Gasteiger partial charge in [0.15, 0.2) is 0 Å². The number of hydrogen-bond donors (Lipinski definition) is 1. The minimum atomic E-state index is 0.0213. The summed E-state index contributed by atoms with van der Waals surface area (Å²) in [5.74, 6) is 1.46. The van der Waals surface area contributed by atoms with E-state index in [0.717, 1.165) is 38.2 Å². The predicted molar refractivity (Wildman–Crippen MR) is 92.9 cm³/mol. The van der Waals surface area contributed by atoms with Crippen LogP contribution in [-0.2, 0) is 4.79 Å². The van der Waals surface area contributed by atoms with E-state index in [2.05, 4.69) is 41.3 Å². The van der Waals surface area contributed by atoms with Gasteiger partial charge in [-0.05, 0) is 46.1 Å². The molecule has 1 N–H and O–H groups in total. The number of nitrogens with one attached hydrogen (secondary N) is 1. The van der Waals surface area contributed by atoms with Crippen molar-refractivity contribution < 1.29 is 9.53 Å². The fourth-order valence-electron chi connectivity index (χ4n) is 4.56. The molecule has 0 aliphatic carbocycles. The maximum absolute atomic E-state index is 12.9. The molecule has 2 saturated heterocycles. The second-order valence-electron chi connectivity index (χ2n) is 7.59. The Morgan fingerprint density at radius 2 is 1.96 bits per heavy atom. The summed E-state index contributed by atoms with van der Waals surface area (Å²) < 4.78 is 5.96. The number of para-hydroxylation sites is 1. The number of fused-ring (bicyclic) bond motifs is 3. The number of likely N-dealkylation sites (tertiary alicyclic amines) is 2. The van der Waals surface area contributed by atoms with Crippen LogP contribution in [0.1, 0.15) is 24.4 Å². The zero-order valence-corrected chi connectivity index (χ0v) is 14.6. The first-order valence-corrected chi connectivity index (χ1v) is 9.04. The molecule has 3 aliphatic heterocycles. The van der Waals surface area contributed by atoms with Gasteiger partial charge in [-0.1, -0.05) is 18.2 Å². The van der Waals surface area contributed by atoms with E-state index in [4.69, 9.17) is 4.74 Å². The second-order valence-corrected chi connectivity index (χ2v) is 7.59. The fraction of sp³-hybridized carbons (Fsp3) is 0.632. The Balaban J connectivity index is 1.47. The predicted octanol–water partition coefficient (Wildman–Crippen LogP) is 1.51. The number of ether oxygens (including phenoxy) is 1. The van der Waals surface area contributed by atoms with E-state index in [1.165, 1.54) is 5.56 Å². The molecule has 0 aromatic heterocycles. The number of benzene rings is 1. The van der Waals surface area contributed by atoms with Gasteiger partial charge in [0.25, 0.3) is 0 Å². The van der Waals surface area contributed by atoms with Crippen molar-refractivity contribution in [1.29, 1.82) is 0 Å². The molecule has 0 bridgehead atoms. The third-order valence-electron chi connectivity index (χ3n) is 5.95. The summed E-state index contributed by atoms with van der Waals surface area (Å²) in [6, 6.07) is 8.87. The highest BCUT2D eigenvalue weighted by atomic mass is 16.5. The standard InChI is InChI=1S/C19H27N3O2/c1-21-9-7-13(8-10-21)20-19(23)15-11-22(2)18-14-5-3-4-6-17(14)24-12-16(15)18/h3-6,13,15-16,18H,7-12H2,1-2H3,(H,20,23)/t15-,16+,18+/m1/s1. The number of nitrogens with zero attached hydrogens (tertiary/aromatic N) is 2. The SMILES string of the molecule is CN1CCC(NC(=O)[C@@H]2CN(C)[C@H]3c4ccccc4OC[C@@H]23)CC1. The van der Waals surface area contributed by atoms with Gasteiger partial charge in [-0.15, -0.1) is 0 Å². The average Bonchev–Trinajstić information content (AvgIpc) is 2.94. The molecule has 3 heterocycles. The molecule has 130 valence electrons. The number of piperidine rings is 1. The van der Waals surface area contributed by atoms with Crippen LogP contribution < -0.4 is 10.1 Å². The molecule has 4 rings (SSSR count). The largest absolute Gasteiger partial charge is 0.493 e. The molecule has 1 amide bonds. The van der Waals surface area contributed by atoms with Crippen molar-refractivity contribution in [2.45, 2.75) is 24.9 Å². The lowest BCUT2D eigenvalue weighted by molar-refractivity contribution is -0.127. The number of carbonyl (C=O) groups excluding carboxylic acids is 1. The van der Waals surface area contributed by atoms with Gasteiger partial charge < -0.3 is 15.0 Å². The van der Waals surface area contributed by atoms with Crippen molar-refractivity contribution >= 4 is 5.91 Å². The van der Waals surface area contributed by atoms with E-state index < -0.39 is 0 Å². The fourth-order valence-corrected chi connectivity index (χ4v) is 4.56. The highest BCUT2D eigenvalue weighted by Crippen LogP contribution is 2.46. The smallest absolute Gasteiger partial charge is 0.225 e. The lowest BCUT2D eigenvalue weighted by atomic mass is 9.84. The molecule has 0 saturated carbocycles. The number of carbonyl (C=O) groups is 1. The normalized spacial score (nSPS) is 31.2. The Morgan fingerprint density at radius 1 is 1.21 bits per heavy atom. The summed E-state index contributed by atoms with van der Waals surface area (Å²) in [4.78, 5) is 17.6. The molecular weight excluding hydrogens is 302 g/mol. The Bertz CT molecular complexity index is 612. The number of amides is 1. The summed E-state index contributed by atoms with van der Waals surface area (Å²) >= 11 is 0. The summed E-state index contributed by atoms with van der Waals surface area (Å²) in [6.07, 6.45) is 2.11. The van der Waals surface area contributed by atoms with Gasteiger partial charge in [0, 0.05) is 30.1 Å². The lowest BCUT2D eigenvalue weighted by Gasteiger charge is -2.34. The highest BCUT2D eigenvalue weighted by molar-refractivity contribution is 5.80.